The Morgan fingerprint density at radius 3 is 2.67 bits per heavy atom. The number of carbonyl (C=O) groups excluding carboxylic acids is 1. The van der Waals surface area contributed by atoms with Crippen molar-refractivity contribution >= 4 is 11.6 Å². The van der Waals surface area contributed by atoms with Crippen LogP contribution in [0.5, 0.6) is 0 Å². The minimum atomic E-state index is -0.470. The van der Waals surface area contributed by atoms with Gasteiger partial charge >= 0.3 is 0 Å². The zero-order chi connectivity index (χ0) is 23.4. The monoisotopic (exact) mass is 448 g/mol. The Labute approximate surface area is 192 Å². The van der Waals surface area contributed by atoms with Gasteiger partial charge in [0.2, 0.25) is 0 Å². The lowest BCUT2D eigenvalue weighted by molar-refractivity contribution is -0.384. The molecule has 1 aliphatic rings. The number of nitrogens with zero attached hydrogens (tertiary/aromatic N) is 5. The van der Waals surface area contributed by atoms with Crippen molar-refractivity contribution in [2.45, 2.75) is 52.2 Å². The Bertz CT molecular complexity index is 1140. The largest absolute Gasteiger partial charge is 0.347 e. The molecule has 172 valence electrons. The first-order valence-electron chi connectivity index (χ1n) is 11.2. The van der Waals surface area contributed by atoms with Gasteiger partial charge < -0.3 is 5.32 Å². The number of aromatic nitrogens is 3. The highest BCUT2D eigenvalue weighted by Crippen LogP contribution is 2.20. The van der Waals surface area contributed by atoms with Crippen LogP contribution >= 0.6 is 0 Å². The SMILES string of the molecule is Cc1c(C(=O)NCc2ccc(CN3CCCCC3C)cc2)nnn1-c1cccc([N+](=O)[O-])c1. The molecule has 9 heteroatoms. The summed E-state index contributed by atoms with van der Waals surface area (Å²) >= 11 is 0. The number of non-ortho nitro benzene ring substituents is 1. The maximum atomic E-state index is 12.7. The number of amides is 1. The molecule has 1 amide bonds. The molecule has 33 heavy (non-hydrogen) atoms. The number of nitro groups is 1. The first kappa shape index (κ1) is 22.6. The summed E-state index contributed by atoms with van der Waals surface area (Å²) in [5.41, 5.74) is 3.41. The molecule has 1 atom stereocenters. The molecule has 1 fully saturated rings. The molecule has 4 rings (SSSR count). The topological polar surface area (TPSA) is 106 Å². The van der Waals surface area contributed by atoms with E-state index in [1.165, 1.54) is 41.6 Å². The number of piperidine rings is 1. The Balaban J connectivity index is 1.37. The summed E-state index contributed by atoms with van der Waals surface area (Å²) in [4.78, 5) is 25.8. The molecule has 1 unspecified atom stereocenters. The van der Waals surface area contributed by atoms with E-state index >= 15 is 0 Å². The highest BCUT2D eigenvalue weighted by molar-refractivity contribution is 5.93. The lowest BCUT2D eigenvalue weighted by Crippen LogP contribution is -2.36. The van der Waals surface area contributed by atoms with Gasteiger partial charge in [0.15, 0.2) is 5.69 Å². The fourth-order valence-corrected chi connectivity index (χ4v) is 4.18. The third kappa shape index (κ3) is 5.25. The fraction of sp³-hybridized carbons (Fsp3) is 0.375. The van der Waals surface area contributed by atoms with Crippen LogP contribution in [0.1, 0.15) is 53.5 Å². The quantitative estimate of drug-likeness (QED) is 0.435. The average Bonchev–Trinajstić information content (AvgIpc) is 3.21. The van der Waals surface area contributed by atoms with Gasteiger partial charge in [-0.1, -0.05) is 42.0 Å². The van der Waals surface area contributed by atoms with Crippen molar-refractivity contribution in [3.05, 3.63) is 81.2 Å². The van der Waals surface area contributed by atoms with Gasteiger partial charge in [0.25, 0.3) is 11.6 Å². The Morgan fingerprint density at radius 1 is 1.18 bits per heavy atom. The van der Waals surface area contributed by atoms with Crippen LogP contribution < -0.4 is 5.32 Å². The lowest BCUT2D eigenvalue weighted by atomic mass is 10.0. The fourth-order valence-electron chi connectivity index (χ4n) is 4.18. The second-order valence-electron chi connectivity index (χ2n) is 8.53. The number of hydrogen-bond donors (Lipinski definition) is 1. The van der Waals surface area contributed by atoms with Gasteiger partial charge in [0, 0.05) is 31.3 Å². The zero-order valence-corrected chi connectivity index (χ0v) is 18.9. The molecular formula is C24H28N6O3. The smallest absolute Gasteiger partial charge is 0.274 e. The van der Waals surface area contributed by atoms with Gasteiger partial charge in [-0.25, -0.2) is 4.68 Å². The van der Waals surface area contributed by atoms with Crippen molar-refractivity contribution in [3.8, 4) is 5.69 Å². The van der Waals surface area contributed by atoms with E-state index in [1.807, 2.05) is 12.1 Å². The van der Waals surface area contributed by atoms with Crippen molar-refractivity contribution < 1.29 is 9.72 Å². The standard InChI is InChI=1S/C24H28N6O3/c1-17-6-3-4-13-28(17)16-20-11-9-19(10-12-20)15-25-24(31)23-18(2)29(27-26-23)21-7-5-8-22(14-21)30(32)33/h5,7-12,14,17H,3-4,6,13,15-16H2,1-2H3,(H,25,31). The van der Waals surface area contributed by atoms with Crippen LogP contribution in [0.2, 0.25) is 0 Å². The maximum absolute atomic E-state index is 12.7. The van der Waals surface area contributed by atoms with E-state index in [1.54, 1.807) is 19.1 Å². The number of hydrogen-bond acceptors (Lipinski definition) is 6. The molecule has 0 aliphatic carbocycles. The van der Waals surface area contributed by atoms with Crippen molar-refractivity contribution in [2.75, 3.05) is 6.54 Å². The van der Waals surface area contributed by atoms with E-state index in [0.29, 0.717) is 24.0 Å². The van der Waals surface area contributed by atoms with Crippen LogP contribution in [0.25, 0.3) is 5.69 Å². The maximum Gasteiger partial charge on any atom is 0.274 e. The molecule has 0 bridgehead atoms. The number of likely N-dealkylation sites (tertiary alicyclic amines) is 1. The molecule has 1 N–H and O–H groups in total. The zero-order valence-electron chi connectivity index (χ0n) is 18.9. The van der Waals surface area contributed by atoms with Crippen molar-refractivity contribution in [1.29, 1.82) is 0 Å². The van der Waals surface area contributed by atoms with Gasteiger partial charge in [0.1, 0.15) is 0 Å². The Morgan fingerprint density at radius 2 is 1.94 bits per heavy atom. The third-order valence-corrected chi connectivity index (χ3v) is 6.20. The minimum absolute atomic E-state index is 0.0495. The van der Waals surface area contributed by atoms with E-state index < -0.39 is 4.92 Å². The first-order chi connectivity index (χ1) is 15.9. The summed E-state index contributed by atoms with van der Waals surface area (Å²) in [5.74, 6) is -0.338. The lowest BCUT2D eigenvalue weighted by Gasteiger charge is -2.33. The van der Waals surface area contributed by atoms with E-state index in [9.17, 15) is 14.9 Å². The molecule has 0 saturated carbocycles. The van der Waals surface area contributed by atoms with Crippen molar-refractivity contribution in [1.82, 2.24) is 25.2 Å². The predicted molar refractivity (Wildman–Crippen MR) is 124 cm³/mol. The van der Waals surface area contributed by atoms with Crippen LogP contribution in [0.4, 0.5) is 5.69 Å². The Kier molecular flexibility index (Phi) is 6.79. The number of benzene rings is 2. The first-order valence-corrected chi connectivity index (χ1v) is 11.2. The van der Waals surface area contributed by atoms with Crippen LogP contribution in [0.3, 0.4) is 0 Å². The van der Waals surface area contributed by atoms with Crippen molar-refractivity contribution in [2.24, 2.45) is 0 Å². The number of nitro benzene ring substituents is 1. The van der Waals surface area contributed by atoms with E-state index in [2.05, 4.69) is 39.6 Å². The second-order valence-corrected chi connectivity index (χ2v) is 8.53. The van der Waals surface area contributed by atoms with E-state index in [-0.39, 0.29) is 17.3 Å². The molecule has 0 radical (unpaired) electrons. The van der Waals surface area contributed by atoms with Gasteiger partial charge in [-0.15, -0.1) is 5.10 Å². The molecule has 2 heterocycles. The van der Waals surface area contributed by atoms with Gasteiger partial charge in [0.05, 0.1) is 16.3 Å². The summed E-state index contributed by atoms with van der Waals surface area (Å²) in [5, 5.41) is 21.9. The predicted octanol–water partition coefficient (Wildman–Crippen LogP) is 3.79. The minimum Gasteiger partial charge on any atom is -0.347 e. The van der Waals surface area contributed by atoms with Gasteiger partial charge in [-0.3, -0.25) is 19.8 Å². The molecule has 1 aliphatic heterocycles. The van der Waals surface area contributed by atoms with Crippen LogP contribution in [0.15, 0.2) is 48.5 Å². The van der Waals surface area contributed by atoms with E-state index in [0.717, 1.165) is 18.7 Å². The highest BCUT2D eigenvalue weighted by atomic mass is 16.6. The molecule has 0 spiro atoms. The summed E-state index contributed by atoms with van der Waals surface area (Å²) < 4.78 is 1.43. The van der Waals surface area contributed by atoms with Crippen molar-refractivity contribution in [3.63, 3.8) is 0 Å². The molecule has 9 nitrogen and oxygen atoms in total. The molecule has 1 aromatic heterocycles. The number of rotatable bonds is 7. The van der Waals surface area contributed by atoms with Crippen LogP contribution in [-0.2, 0) is 13.1 Å². The Hall–Kier alpha value is -3.59. The summed E-state index contributed by atoms with van der Waals surface area (Å²) in [6.45, 7) is 6.48. The highest BCUT2D eigenvalue weighted by Gasteiger charge is 2.19. The molecule has 2 aromatic carbocycles. The summed E-state index contributed by atoms with van der Waals surface area (Å²) in [6, 6.07) is 15.0. The van der Waals surface area contributed by atoms with E-state index in [4.69, 9.17) is 0 Å². The van der Waals surface area contributed by atoms with Gasteiger partial charge in [-0.05, 0) is 50.4 Å². The molecule has 1 saturated heterocycles. The normalized spacial score (nSPS) is 16.5. The molecule has 3 aromatic rings. The number of nitrogens with one attached hydrogen (secondary N) is 1. The van der Waals surface area contributed by atoms with Crippen LogP contribution in [0, 0.1) is 17.0 Å². The van der Waals surface area contributed by atoms with Gasteiger partial charge in [-0.2, -0.15) is 0 Å². The molecular weight excluding hydrogens is 420 g/mol. The second kappa shape index (κ2) is 9.91. The third-order valence-electron chi connectivity index (χ3n) is 6.20. The summed E-state index contributed by atoms with van der Waals surface area (Å²) in [7, 11) is 0. The average molecular weight is 449 g/mol. The number of carbonyl (C=O) groups is 1. The van der Waals surface area contributed by atoms with Crippen LogP contribution in [-0.4, -0.2) is 43.3 Å². The summed E-state index contributed by atoms with van der Waals surface area (Å²) in [6.07, 6.45) is 3.84.